The van der Waals surface area contributed by atoms with Crippen LogP contribution in [0.15, 0.2) is 48.9 Å². The van der Waals surface area contributed by atoms with Gasteiger partial charge in [-0.05, 0) is 17.7 Å². The molecular formula is C21H20FN7O. The molecule has 152 valence electrons. The van der Waals surface area contributed by atoms with Gasteiger partial charge >= 0.3 is 0 Å². The third kappa shape index (κ3) is 4.86. The molecule has 0 amide bonds. The maximum atomic E-state index is 13.8. The first-order valence-electron chi connectivity index (χ1n) is 9.52. The topological polar surface area (TPSA) is 108 Å². The summed E-state index contributed by atoms with van der Waals surface area (Å²) in [7, 11) is 0. The fraction of sp³-hybridized carbons (Fsp3) is 0.238. The number of hydrogen-bond donors (Lipinski definition) is 3. The molecule has 1 aliphatic heterocycles. The first-order chi connectivity index (χ1) is 14.7. The van der Waals surface area contributed by atoms with Crippen LogP contribution in [0.1, 0.15) is 5.69 Å². The molecule has 1 atom stereocenters. The van der Waals surface area contributed by atoms with Gasteiger partial charge in [0.1, 0.15) is 23.5 Å². The van der Waals surface area contributed by atoms with Crippen LogP contribution in [-0.2, 0) is 4.74 Å². The maximum Gasteiger partial charge on any atom is 0.158 e. The summed E-state index contributed by atoms with van der Waals surface area (Å²) in [5.74, 6) is 0.693. The van der Waals surface area contributed by atoms with Crippen molar-refractivity contribution in [2.24, 2.45) is 0 Å². The summed E-state index contributed by atoms with van der Waals surface area (Å²) in [5.41, 5.74) is 2.51. The predicted octanol–water partition coefficient (Wildman–Crippen LogP) is 2.69. The highest BCUT2D eigenvalue weighted by atomic mass is 19.1. The molecule has 3 aromatic rings. The minimum atomic E-state index is -0.312. The van der Waals surface area contributed by atoms with E-state index in [2.05, 4.69) is 30.9 Å². The fourth-order valence-corrected chi connectivity index (χ4v) is 3.11. The highest BCUT2D eigenvalue weighted by Gasteiger charge is 2.15. The molecule has 0 spiro atoms. The smallest absolute Gasteiger partial charge is 0.158 e. The van der Waals surface area contributed by atoms with Gasteiger partial charge < -0.3 is 20.7 Å². The Labute approximate surface area is 173 Å². The zero-order chi connectivity index (χ0) is 20.8. The second-order valence-corrected chi connectivity index (χ2v) is 6.73. The number of hydrogen-bond acceptors (Lipinski definition) is 8. The number of pyridine rings is 1. The maximum absolute atomic E-state index is 13.8. The summed E-state index contributed by atoms with van der Waals surface area (Å²) >= 11 is 0. The van der Waals surface area contributed by atoms with Crippen LogP contribution in [0.2, 0.25) is 0 Å². The molecule has 0 aliphatic carbocycles. The van der Waals surface area contributed by atoms with Crippen molar-refractivity contribution in [2.75, 3.05) is 36.9 Å². The number of rotatable bonds is 6. The summed E-state index contributed by atoms with van der Waals surface area (Å²) < 4.78 is 19.5. The number of nitrogens with zero attached hydrogens (tertiary/aromatic N) is 4. The van der Waals surface area contributed by atoms with Gasteiger partial charge in [0.2, 0.25) is 0 Å². The molecule has 1 aliphatic rings. The van der Waals surface area contributed by atoms with Crippen LogP contribution < -0.4 is 16.0 Å². The van der Waals surface area contributed by atoms with Gasteiger partial charge in [-0.3, -0.25) is 0 Å². The van der Waals surface area contributed by atoms with Crippen molar-refractivity contribution in [2.45, 2.75) is 6.10 Å². The molecule has 3 N–H and O–H groups in total. The zero-order valence-electron chi connectivity index (χ0n) is 16.1. The molecule has 3 heterocycles. The van der Waals surface area contributed by atoms with Crippen molar-refractivity contribution >= 4 is 17.3 Å². The highest BCUT2D eigenvalue weighted by Crippen LogP contribution is 2.30. The number of benzene rings is 1. The van der Waals surface area contributed by atoms with Gasteiger partial charge in [0, 0.05) is 43.1 Å². The van der Waals surface area contributed by atoms with E-state index >= 15 is 0 Å². The van der Waals surface area contributed by atoms with Gasteiger partial charge in [0.05, 0.1) is 25.1 Å². The van der Waals surface area contributed by atoms with E-state index in [9.17, 15) is 4.39 Å². The van der Waals surface area contributed by atoms with E-state index < -0.39 is 0 Å². The van der Waals surface area contributed by atoms with E-state index in [1.807, 2.05) is 18.2 Å². The molecule has 2 aromatic heterocycles. The SMILES string of the molecule is N#Cc1cnc(Nc2cc(NCC3CNCCO3)c(-c3cccc(F)c3)cn2)cn1. The Morgan fingerprint density at radius 2 is 2.07 bits per heavy atom. The normalized spacial score (nSPS) is 15.9. The third-order valence-corrected chi connectivity index (χ3v) is 4.59. The number of halogens is 1. The van der Waals surface area contributed by atoms with Crippen molar-refractivity contribution in [3.63, 3.8) is 0 Å². The Bertz CT molecular complexity index is 1050. The van der Waals surface area contributed by atoms with Gasteiger partial charge in [-0.15, -0.1) is 0 Å². The largest absolute Gasteiger partial charge is 0.382 e. The summed E-state index contributed by atoms with van der Waals surface area (Å²) in [4.78, 5) is 12.6. The molecule has 0 bridgehead atoms. The van der Waals surface area contributed by atoms with Gasteiger partial charge in [0.25, 0.3) is 0 Å². The average molecular weight is 405 g/mol. The minimum absolute atomic E-state index is 0.0353. The van der Waals surface area contributed by atoms with E-state index in [4.69, 9.17) is 10.00 Å². The molecule has 30 heavy (non-hydrogen) atoms. The quantitative estimate of drug-likeness (QED) is 0.575. The highest BCUT2D eigenvalue weighted by molar-refractivity contribution is 5.79. The molecule has 0 saturated carbocycles. The molecule has 1 fully saturated rings. The molecule has 9 heteroatoms. The number of anilines is 3. The standard InChI is InChI=1S/C21H20FN7O/c22-15-3-1-2-14(6-15)18-12-28-20(29-21-13-25-16(8-23)9-27-21)7-19(18)26-11-17-10-24-4-5-30-17/h1-3,6-7,9,12-13,17,24H,4-5,10-11H2,(H2,26,27,28,29). The molecule has 0 radical (unpaired) electrons. The Morgan fingerprint density at radius 1 is 1.17 bits per heavy atom. The Morgan fingerprint density at radius 3 is 2.80 bits per heavy atom. The second-order valence-electron chi connectivity index (χ2n) is 6.73. The molecule has 4 rings (SSSR count). The van der Waals surface area contributed by atoms with E-state index in [0.29, 0.717) is 24.8 Å². The van der Waals surface area contributed by atoms with Crippen LogP contribution >= 0.6 is 0 Å². The monoisotopic (exact) mass is 405 g/mol. The van der Waals surface area contributed by atoms with Gasteiger partial charge in [-0.2, -0.15) is 5.26 Å². The van der Waals surface area contributed by atoms with Gasteiger partial charge in [-0.25, -0.2) is 19.3 Å². The van der Waals surface area contributed by atoms with Crippen LogP contribution in [0.5, 0.6) is 0 Å². The second kappa shape index (κ2) is 9.26. The van der Waals surface area contributed by atoms with Gasteiger partial charge in [0.15, 0.2) is 5.69 Å². The van der Waals surface area contributed by atoms with E-state index in [-0.39, 0.29) is 17.6 Å². The zero-order valence-corrected chi connectivity index (χ0v) is 16.1. The van der Waals surface area contributed by atoms with Crippen LogP contribution in [0.4, 0.5) is 21.7 Å². The van der Waals surface area contributed by atoms with Crippen LogP contribution in [-0.4, -0.2) is 47.3 Å². The average Bonchev–Trinajstić information content (AvgIpc) is 2.79. The first-order valence-corrected chi connectivity index (χ1v) is 9.52. The number of morpholine rings is 1. The number of ether oxygens (including phenoxy) is 1. The van der Waals surface area contributed by atoms with Crippen LogP contribution in [0, 0.1) is 17.1 Å². The molecule has 1 unspecified atom stereocenters. The lowest BCUT2D eigenvalue weighted by Crippen LogP contribution is -2.42. The van der Waals surface area contributed by atoms with Crippen molar-refractivity contribution in [3.05, 3.63) is 60.4 Å². The van der Waals surface area contributed by atoms with Crippen molar-refractivity contribution in [1.29, 1.82) is 5.26 Å². The first kappa shape index (κ1) is 19.7. The lowest BCUT2D eigenvalue weighted by molar-refractivity contribution is 0.0372. The molecular weight excluding hydrogens is 385 g/mol. The lowest BCUT2D eigenvalue weighted by Gasteiger charge is -2.25. The number of aromatic nitrogens is 3. The fourth-order valence-electron chi connectivity index (χ4n) is 3.11. The van der Waals surface area contributed by atoms with Crippen molar-refractivity contribution < 1.29 is 9.13 Å². The number of nitrogens with one attached hydrogen (secondary N) is 3. The predicted molar refractivity (Wildman–Crippen MR) is 111 cm³/mol. The van der Waals surface area contributed by atoms with E-state index in [1.54, 1.807) is 12.3 Å². The summed E-state index contributed by atoms with van der Waals surface area (Å²) in [5, 5.41) is 18.6. The molecule has 1 aromatic carbocycles. The minimum Gasteiger partial charge on any atom is -0.382 e. The summed E-state index contributed by atoms with van der Waals surface area (Å²) in [6, 6.07) is 10.1. The Kier molecular flexibility index (Phi) is 6.08. The van der Waals surface area contributed by atoms with Crippen molar-refractivity contribution in [3.8, 4) is 17.2 Å². The van der Waals surface area contributed by atoms with Crippen molar-refractivity contribution in [1.82, 2.24) is 20.3 Å². The lowest BCUT2D eigenvalue weighted by atomic mass is 10.1. The molecule has 1 saturated heterocycles. The Hall–Kier alpha value is -3.61. The summed E-state index contributed by atoms with van der Waals surface area (Å²) in [6.45, 7) is 2.87. The summed E-state index contributed by atoms with van der Waals surface area (Å²) in [6.07, 6.45) is 4.56. The molecule has 8 nitrogen and oxygen atoms in total. The third-order valence-electron chi connectivity index (χ3n) is 4.59. The number of nitriles is 1. The van der Waals surface area contributed by atoms with Gasteiger partial charge in [-0.1, -0.05) is 12.1 Å². The van der Waals surface area contributed by atoms with Crippen LogP contribution in [0.3, 0.4) is 0 Å². The van der Waals surface area contributed by atoms with E-state index in [1.165, 1.54) is 24.5 Å². The Balaban J connectivity index is 1.59. The van der Waals surface area contributed by atoms with E-state index in [0.717, 1.165) is 29.9 Å². The van der Waals surface area contributed by atoms with Crippen LogP contribution in [0.25, 0.3) is 11.1 Å².